The van der Waals surface area contributed by atoms with Crippen molar-refractivity contribution in [2.24, 2.45) is 11.8 Å². The summed E-state index contributed by atoms with van der Waals surface area (Å²) in [4.78, 5) is 8.70. The maximum atomic E-state index is 5.43. The Labute approximate surface area is 101 Å². The van der Waals surface area contributed by atoms with Gasteiger partial charge in [-0.3, -0.25) is 0 Å². The molecule has 0 bridgehead atoms. The predicted octanol–water partition coefficient (Wildman–Crippen LogP) is 2.52. The minimum atomic E-state index is 0.527. The predicted molar refractivity (Wildman–Crippen MR) is 69.5 cm³/mol. The number of hydrazine groups is 1. The molecule has 90 valence electrons. The van der Waals surface area contributed by atoms with Crippen LogP contribution < -0.4 is 11.3 Å². The molecule has 0 aliphatic heterocycles. The first-order chi connectivity index (χ1) is 7.45. The second kappa shape index (κ2) is 5.50. The van der Waals surface area contributed by atoms with Gasteiger partial charge in [0.1, 0.15) is 16.7 Å². The van der Waals surface area contributed by atoms with Crippen molar-refractivity contribution in [3.05, 3.63) is 11.4 Å². The second-order valence-corrected chi connectivity index (χ2v) is 5.63. The molecule has 0 spiro atoms. The topological polar surface area (TPSA) is 63.8 Å². The van der Waals surface area contributed by atoms with E-state index in [0.29, 0.717) is 17.0 Å². The van der Waals surface area contributed by atoms with Crippen molar-refractivity contribution in [2.75, 3.05) is 5.43 Å². The summed E-state index contributed by atoms with van der Waals surface area (Å²) >= 11 is 1.78. The number of nitrogens with two attached hydrogens (primary N) is 1. The Morgan fingerprint density at radius 3 is 2.31 bits per heavy atom. The lowest BCUT2D eigenvalue weighted by Crippen LogP contribution is -2.13. The van der Waals surface area contributed by atoms with Crippen LogP contribution in [0.1, 0.15) is 32.2 Å². The number of hydrogen-bond acceptors (Lipinski definition) is 5. The maximum Gasteiger partial charge on any atom is 0.147 e. The van der Waals surface area contributed by atoms with Gasteiger partial charge in [0, 0.05) is 10.8 Å². The van der Waals surface area contributed by atoms with E-state index in [2.05, 4.69) is 36.2 Å². The zero-order valence-electron chi connectivity index (χ0n) is 10.5. The normalized spacial score (nSPS) is 12.9. The Hall–Kier alpha value is -0.810. The summed E-state index contributed by atoms with van der Waals surface area (Å²) < 4.78 is 0. The average Bonchev–Trinajstić information content (AvgIpc) is 2.22. The number of nitrogen functional groups attached to an aromatic ring is 1. The number of hydrogen-bond donors (Lipinski definition) is 2. The van der Waals surface area contributed by atoms with E-state index in [1.54, 1.807) is 11.8 Å². The fourth-order valence-electron chi connectivity index (χ4n) is 1.17. The minimum absolute atomic E-state index is 0.527. The first-order valence-corrected chi connectivity index (χ1v) is 6.32. The molecule has 5 heteroatoms. The number of thioether (sulfide) groups is 1. The molecule has 1 rings (SSSR count). The molecule has 0 fully saturated rings. The SMILES string of the molecule is Cc1nc(NN)c(C)c(SC(C)C(C)C)n1. The summed E-state index contributed by atoms with van der Waals surface area (Å²) in [5, 5.41) is 1.54. The van der Waals surface area contributed by atoms with E-state index >= 15 is 0 Å². The van der Waals surface area contributed by atoms with Crippen molar-refractivity contribution >= 4 is 17.6 Å². The Balaban J connectivity index is 2.99. The van der Waals surface area contributed by atoms with Crippen LogP contribution >= 0.6 is 11.8 Å². The lowest BCUT2D eigenvalue weighted by molar-refractivity contribution is 0.641. The van der Waals surface area contributed by atoms with Crippen LogP contribution in [0.15, 0.2) is 5.03 Å². The first-order valence-electron chi connectivity index (χ1n) is 5.44. The highest BCUT2D eigenvalue weighted by Gasteiger charge is 2.14. The van der Waals surface area contributed by atoms with Gasteiger partial charge in [-0.15, -0.1) is 11.8 Å². The summed E-state index contributed by atoms with van der Waals surface area (Å²) in [5.41, 5.74) is 3.63. The van der Waals surface area contributed by atoms with Gasteiger partial charge in [-0.05, 0) is 19.8 Å². The Bertz CT molecular complexity index is 365. The highest BCUT2D eigenvalue weighted by molar-refractivity contribution is 7.99. The number of aromatic nitrogens is 2. The number of rotatable bonds is 4. The maximum absolute atomic E-state index is 5.43. The summed E-state index contributed by atoms with van der Waals surface area (Å²) in [7, 11) is 0. The highest BCUT2D eigenvalue weighted by Crippen LogP contribution is 2.30. The number of anilines is 1. The van der Waals surface area contributed by atoms with E-state index in [-0.39, 0.29) is 0 Å². The Morgan fingerprint density at radius 2 is 1.81 bits per heavy atom. The van der Waals surface area contributed by atoms with E-state index in [1.165, 1.54) is 0 Å². The fraction of sp³-hybridized carbons (Fsp3) is 0.636. The summed E-state index contributed by atoms with van der Waals surface area (Å²) in [5.74, 6) is 7.51. The fourth-order valence-corrected chi connectivity index (χ4v) is 2.25. The average molecular weight is 240 g/mol. The van der Waals surface area contributed by atoms with Gasteiger partial charge in [0.25, 0.3) is 0 Å². The van der Waals surface area contributed by atoms with Crippen LogP contribution in [-0.4, -0.2) is 15.2 Å². The van der Waals surface area contributed by atoms with Gasteiger partial charge in [0.2, 0.25) is 0 Å². The minimum Gasteiger partial charge on any atom is -0.308 e. The molecule has 0 saturated carbocycles. The molecule has 16 heavy (non-hydrogen) atoms. The van der Waals surface area contributed by atoms with E-state index < -0.39 is 0 Å². The first kappa shape index (κ1) is 13.3. The van der Waals surface area contributed by atoms with Gasteiger partial charge in [0.05, 0.1) is 0 Å². The summed E-state index contributed by atoms with van der Waals surface area (Å²) in [6.07, 6.45) is 0. The van der Waals surface area contributed by atoms with E-state index in [0.717, 1.165) is 16.4 Å². The van der Waals surface area contributed by atoms with Crippen LogP contribution in [-0.2, 0) is 0 Å². The third-order valence-electron chi connectivity index (χ3n) is 2.59. The molecule has 0 radical (unpaired) electrons. The van der Waals surface area contributed by atoms with Gasteiger partial charge in [-0.1, -0.05) is 20.8 Å². The number of nitrogens with one attached hydrogen (secondary N) is 1. The molecule has 4 nitrogen and oxygen atoms in total. The highest BCUT2D eigenvalue weighted by atomic mass is 32.2. The molecule has 1 unspecified atom stereocenters. The molecule has 0 aliphatic rings. The Morgan fingerprint density at radius 1 is 1.19 bits per heavy atom. The van der Waals surface area contributed by atoms with Crippen molar-refractivity contribution in [1.82, 2.24) is 9.97 Å². The summed E-state index contributed by atoms with van der Waals surface area (Å²) in [6.45, 7) is 10.5. The molecule has 1 aromatic rings. The molecule has 0 saturated heterocycles. The lowest BCUT2D eigenvalue weighted by Gasteiger charge is -2.17. The monoisotopic (exact) mass is 240 g/mol. The molecule has 1 heterocycles. The van der Waals surface area contributed by atoms with Gasteiger partial charge in [-0.25, -0.2) is 15.8 Å². The van der Waals surface area contributed by atoms with Crippen LogP contribution in [0.2, 0.25) is 0 Å². The van der Waals surface area contributed by atoms with Crippen LogP contribution in [0.25, 0.3) is 0 Å². The molecular formula is C11H20N4S. The third kappa shape index (κ3) is 3.09. The largest absolute Gasteiger partial charge is 0.308 e. The van der Waals surface area contributed by atoms with Crippen LogP contribution in [0, 0.1) is 19.8 Å². The van der Waals surface area contributed by atoms with Gasteiger partial charge < -0.3 is 5.43 Å². The zero-order chi connectivity index (χ0) is 12.3. The smallest absolute Gasteiger partial charge is 0.147 e. The third-order valence-corrected chi connectivity index (χ3v) is 4.12. The van der Waals surface area contributed by atoms with Crippen LogP contribution in [0.5, 0.6) is 0 Å². The summed E-state index contributed by atoms with van der Waals surface area (Å²) in [6, 6.07) is 0. The molecule has 0 amide bonds. The molecule has 3 N–H and O–H groups in total. The van der Waals surface area contributed by atoms with Crippen molar-refractivity contribution in [3.63, 3.8) is 0 Å². The van der Waals surface area contributed by atoms with Gasteiger partial charge in [-0.2, -0.15) is 0 Å². The van der Waals surface area contributed by atoms with Gasteiger partial charge in [0.15, 0.2) is 0 Å². The van der Waals surface area contributed by atoms with E-state index in [1.807, 2.05) is 13.8 Å². The van der Waals surface area contributed by atoms with Crippen molar-refractivity contribution in [2.45, 2.75) is 44.9 Å². The van der Waals surface area contributed by atoms with Crippen molar-refractivity contribution in [3.8, 4) is 0 Å². The molecule has 1 atom stereocenters. The van der Waals surface area contributed by atoms with Crippen LogP contribution in [0.4, 0.5) is 5.82 Å². The molecule has 0 aliphatic carbocycles. The Kier molecular flexibility index (Phi) is 4.56. The molecule has 0 aromatic carbocycles. The van der Waals surface area contributed by atoms with Gasteiger partial charge >= 0.3 is 0 Å². The van der Waals surface area contributed by atoms with Crippen LogP contribution in [0.3, 0.4) is 0 Å². The molecule has 1 aromatic heterocycles. The number of nitrogens with zero attached hydrogens (tertiary/aromatic N) is 2. The van der Waals surface area contributed by atoms with E-state index in [9.17, 15) is 0 Å². The number of aryl methyl sites for hydroxylation is 1. The zero-order valence-corrected chi connectivity index (χ0v) is 11.4. The van der Waals surface area contributed by atoms with Crippen molar-refractivity contribution < 1.29 is 0 Å². The van der Waals surface area contributed by atoms with E-state index in [4.69, 9.17) is 5.84 Å². The molecular weight excluding hydrogens is 220 g/mol. The second-order valence-electron chi connectivity index (χ2n) is 4.26. The standard InChI is InChI=1S/C11H20N4S/c1-6(2)8(4)16-11-7(3)10(15-12)13-9(5)14-11/h6,8H,12H2,1-5H3,(H,13,14,15). The lowest BCUT2D eigenvalue weighted by atomic mass is 10.2. The quantitative estimate of drug-likeness (QED) is 0.366. The van der Waals surface area contributed by atoms with Crippen molar-refractivity contribution in [1.29, 1.82) is 0 Å².